The van der Waals surface area contributed by atoms with Crippen molar-refractivity contribution in [1.82, 2.24) is 15.1 Å². The number of hydrogen-bond acceptors (Lipinski definition) is 3. The molecule has 0 fully saturated rings. The van der Waals surface area contributed by atoms with Crippen molar-refractivity contribution in [2.45, 2.75) is 26.5 Å². The summed E-state index contributed by atoms with van der Waals surface area (Å²) in [6.07, 6.45) is 1.72. The van der Waals surface area contributed by atoms with Gasteiger partial charge in [0.05, 0.1) is 0 Å². The highest BCUT2D eigenvalue weighted by molar-refractivity contribution is 5.91. The van der Waals surface area contributed by atoms with E-state index in [1.54, 1.807) is 24.0 Å². The number of benzene rings is 1. The summed E-state index contributed by atoms with van der Waals surface area (Å²) in [5.74, 6) is 1.08. The fraction of sp³-hybridized carbons (Fsp3) is 0.333. The molecule has 2 aromatic rings. The highest BCUT2D eigenvalue weighted by atomic mass is 16.5. The molecular weight excluding hydrogens is 254 g/mol. The van der Waals surface area contributed by atoms with Crippen LogP contribution in [0.15, 0.2) is 36.5 Å². The quantitative estimate of drug-likeness (QED) is 0.910. The van der Waals surface area contributed by atoms with E-state index in [1.165, 1.54) is 5.56 Å². The van der Waals surface area contributed by atoms with Gasteiger partial charge in [-0.15, -0.1) is 0 Å². The molecule has 1 aromatic heterocycles. The number of amides is 1. The molecule has 0 aliphatic rings. The second kappa shape index (κ2) is 6.23. The number of carbonyl (C=O) groups excluding carboxylic acids is 1. The van der Waals surface area contributed by atoms with E-state index < -0.39 is 0 Å². The number of rotatable bonds is 5. The lowest BCUT2D eigenvalue weighted by Crippen LogP contribution is -2.19. The third-order valence-corrected chi connectivity index (χ3v) is 3.01. The summed E-state index contributed by atoms with van der Waals surface area (Å²) in [7, 11) is 1.58. The number of aromatic nitrogens is 2. The van der Waals surface area contributed by atoms with E-state index in [0.29, 0.717) is 11.6 Å². The number of nitrogens with zero attached hydrogens (tertiary/aromatic N) is 2. The molecule has 0 unspecified atom stereocenters. The molecule has 0 spiro atoms. The minimum absolute atomic E-state index is 0.204. The van der Waals surface area contributed by atoms with Gasteiger partial charge in [0, 0.05) is 13.2 Å². The van der Waals surface area contributed by atoms with Gasteiger partial charge in [-0.25, -0.2) is 4.68 Å². The average molecular weight is 273 g/mol. The first-order valence-electron chi connectivity index (χ1n) is 6.58. The van der Waals surface area contributed by atoms with E-state index in [1.807, 2.05) is 12.1 Å². The molecule has 1 heterocycles. The Balaban J connectivity index is 1.94. The van der Waals surface area contributed by atoms with Crippen LogP contribution in [-0.4, -0.2) is 22.7 Å². The molecule has 0 saturated heterocycles. The Bertz CT molecular complexity index is 573. The molecule has 0 aliphatic heterocycles. The summed E-state index contributed by atoms with van der Waals surface area (Å²) in [4.78, 5) is 11.4. The molecule has 0 atom stereocenters. The Hall–Kier alpha value is -2.30. The molecule has 1 N–H and O–H groups in total. The Morgan fingerprint density at radius 3 is 2.60 bits per heavy atom. The van der Waals surface area contributed by atoms with Gasteiger partial charge in [0.2, 0.25) is 0 Å². The van der Waals surface area contributed by atoms with Gasteiger partial charge in [0.25, 0.3) is 5.91 Å². The molecule has 0 aliphatic carbocycles. The van der Waals surface area contributed by atoms with Gasteiger partial charge < -0.3 is 10.1 Å². The molecule has 0 saturated carbocycles. The molecular formula is C15H19N3O2. The molecule has 0 bridgehead atoms. The molecule has 20 heavy (non-hydrogen) atoms. The van der Waals surface area contributed by atoms with Gasteiger partial charge in [-0.1, -0.05) is 26.0 Å². The summed E-state index contributed by atoms with van der Waals surface area (Å²) in [5, 5.41) is 6.65. The highest BCUT2D eigenvalue weighted by Crippen LogP contribution is 2.18. The van der Waals surface area contributed by atoms with Crippen LogP contribution in [-0.2, 0) is 6.73 Å². The van der Waals surface area contributed by atoms with Crippen molar-refractivity contribution in [2.75, 3.05) is 7.05 Å². The number of nitrogens with one attached hydrogen (secondary N) is 1. The largest absolute Gasteiger partial charge is 0.471 e. The Kier molecular flexibility index (Phi) is 4.40. The van der Waals surface area contributed by atoms with Crippen molar-refractivity contribution >= 4 is 5.91 Å². The summed E-state index contributed by atoms with van der Waals surface area (Å²) in [6, 6.07) is 9.65. The summed E-state index contributed by atoms with van der Waals surface area (Å²) in [5.41, 5.74) is 1.66. The molecule has 1 aromatic carbocycles. The Morgan fingerprint density at radius 2 is 2.00 bits per heavy atom. The minimum atomic E-state index is -0.204. The number of ether oxygens (including phenoxy) is 1. The molecule has 5 nitrogen and oxygen atoms in total. The summed E-state index contributed by atoms with van der Waals surface area (Å²) in [6.45, 7) is 4.58. The maximum Gasteiger partial charge on any atom is 0.271 e. The van der Waals surface area contributed by atoms with E-state index >= 15 is 0 Å². The third kappa shape index (κ3) is 3.38. The standard InChI is InChI=1S/C15H19N3O2/c1-11(2)12-4-6-13(7-5-12)20-10-18-9-8-14(17-18)15(19)16-3/h4-9,11H,10H2,1-3H3,(H,16,19). The lowest BCUT2D eigenvalue weighted by molar-refractivity contribution is 0.0956. The fourth-order valence-electron chi connectivity index (χ4n) is 1.77. The lowest BCUT2D eigenvalue weighted by atomic mass is 10.0. The van der Waals surface area contributed by atoms with Gasteiger partial charge >= 0.3 is 0 Å². The van der Waals surface area contributed by atoms with Gasteiger partial charge in [-0.05, 0) is 29.7 Å². The maximum absolute atomic E-state index is 11.4. The van der Waals surface area contributed by atoms with Gasteiger partial charge in [-0.3, -0.25) is 4.79 Å². The van der Waals surface area contributed by atoms with Crippen molar-refractivity contribution in [1.29, 1.82) is 0 Å². The third-order valence-electron chi connectivity index (χ3n) is 3.01. The van der Waals surface area contributed by atoms with Gasteiger partial charge in [0.15, 0.2) is 6.73 Å². The minimum Gasteiger partial charge on any atom is -0.471 e. The van der Waals surface area contributed by atoms with Crippen LogP contribution in [0.5, 0.6) is 5.75 Å². The average Bonchev–Trinajstić information content (AvgIpc) is 2.93. The first kappa shape index (κ1) is 14.1. The lowest BCUT2D eigenvalue weighted by Gasteiger charge is -2.08. The van der Waals surface area contributed by atoms with Crippen LogP contribution < -0.4 is 10.1 Å². The second-order valence-corrected chi connectivity index (χ2v) is 4.82. The highest BCUT2D eigenvalue weighted by Gasteiger charge is 2.07. The Morgan fingerprint density at radius 1 is 1.30 bits per heavy atom. The van der Waals surface area contributed by atoms with Crippen LogP contribution in [0.25, 0.3) is 0 Å². The molecule has 0 radical (unpaired) electrons. The van der Waals surface area contributed by atoms with E-state index in [-0.39, 0.29) is 12.6 Å². The monoisotopic (exact) mass is 273 g/mol. The predicted octanol–water partition coefficient (Wildman–Crippen LogP) is 2.40. The molecule has 2 rings (SSSR count). The molecule has 5 heteroatoms. The second-order valence-electron chi connectivity index (χ2n) is 4.82. The zero-order valence-corrected chi connectivity index (χ0v) is 12.0. The van der Waals surface area contributed by atoms with E-state index in [4.69, 9.17) is 4.74 Å². The zero-order chi connectivity index (χ0) is 14.5. The van der Waals surface area contributed by atoms with Crippen LogP contribution in [0.1, 0.15) is 35.8 Å². The smallest absolute Gasteiger partial charge is 0.271 e. The van der Waals surface area contributed by atoms with Crippen molar-refractivity contribution < 1.29 is 9.53 Å². The van der Waals surface area contributed by atoms with Gasteiger partial charge in [-0.2, -0.15) is 5.10 Å². The first-order valence-corrected chi connectivity index (χ1v) is 6.58. The first-order chi connectivity index (χ1) is 9.60. The number of carbonyl (C=O) groups is 1. The van der Waals surface area contributed by atoms with Crippen molar-refractivity contribution in [3.8, 4) is 5.75 Å². The van der Waals surface area contributed by atoms with Crippen molar-refractivity contribution in [3.05, 3.63) is 47.8 Å². The summed E-state index contributed by atoms with van der Waals surface area (Å²) >= 11 is 0. The van der Waals surface area contributed by atoms with Crippen LogP contribution in [0.4, 0.5) is 0 Å². The molecule has 106 valence electrons. The van der Waals surface area contributed by atoms with Crippen molar-refractivity contribution in [2.24, 2.45) is 0 Å². The topological polar surface area (TPSA) is 56.2 Å². The zero-order valence-electron chi connectivity index (χ0n) is 12.0. The van der Waals surface area contributed by atoms with Crippen LogP contribution >= 0.6 is 0 Å². The Labute approximate surface area is 118 Å². The number of hydrogen-bond donors (Lipinski definition) is 1. The van der Waals surface area contributed by atoms with E-state index in [2.05, 4.69) is 36.4 Å². The normalized spacial score (nSPS) is 10.6. The van der Waals surface area contributed by atoms with Crippen LogP contribution in [0, 0.1) is 0 Å². The predicted molar refractivity (Wildman–Crippen MR) is 76.8 cm³/mol. The molecule has 1 amide bonds. The fourth-order valence-corrected chi connectivity index (χ4v) is 1.77. The van der Waals surface area contributed by atoms with Gasteiger partial charge in [0.1, 0.15) is 11.4 Å². The van der Waals surface area contributed by atoms with E-state index in [0.717, 1.165) is 5.75 Å². The van der Waals surface area contributed by atoms with Crippen LogP contribution in [0.3, 0.4) is 0 Å². The maximum atomic E-state index is 11.4. The van der Waals surface area contributed by atoms with Crippen molar-refractivity contribution in [3.63, 3.8) is 0 Å². The summed E-state index contributed by atoms with van der Waals surface area (Å²) < 4.78 is 7.21. The van der Waals surface area contributed by atoms with E-state index in [9.17, 15) is 4.79 Å². The SMILES string of the molecule is CNC(=O)c1ccn(COc2ccc(C(C)C)cc2)n1. The van der Waals surface area contributed by atoms with Crippen LogP contribution in [0.2, 0.25) is 0 Å².